The molecule has 114 valence electrons. The van der Waals surface area contributed by atoms with Crippen molar-refractivity contribution < 1.29 is 19.4 Å². The van der Waals surface area contributed by atoms with Crippen LogP contribution in [-0.4, -0.2) is 28.4 Å². The van der Waals surface area contributed by atoms with Crippen molar-refractivity contribution in [3.63, 3.8) is 0 Å². The van der Waals surface area contributed by atoms with Crippen LogP contribution in [0.15, 0.2) is 42.6 Å². The average Bonchev–Trinajstić information content (AvgIpc) is 2.51. The van der Waals surface area contributed by atoms with Gasteiger partial charge in [0.15, 0.2) is 11.4 Å². The fraction of sp³-hybridized carbons (Fsp3) is 0.133. The molecule has 0 aliphatic carbocycles. The van der Waals surface area contributed by atoms with Crippen LogP contribution in [0.25, 0.3) is 0 Å². The lowest BCUT2D eigenvalue weighted by molar-refractivity contribution is -0.117. The fourth-order valence-corrected chi connectivity index (χ4v) is 1.70. The van der Waals surface area contributed by atoms with E-state index in [0.717, 1.165) is 11.8 Å². The van der Waals surface area contributed by atoms with Crippen LogP contribution < -0.4 is 15.8 Å². The third-order valence-electron chi connectivity index (χ3n) is 2.71. The van der Waals surface area contributed by atoms with Crippen molar-refractivity contribution in [3.05, 3.63) is 53.9 Å². The smallest absolute Gasteiger partial charge is 0.274 e. The highest BCUT2D eigenvalue weighted by atomic mass is 16.5. The van der Waals surface area contributed by atoms with Crippen LogP contribution >= 0.6 is 0 Å². The average molecular weight is 301 g/mol. The molecule has 0 fully saturated rings. The van der Waals surface area contributed by atoms with Gasteiger partial charge in [-0.15, -0.1) is 0 Å². The molecule has 1 aromatic carbocycles. The van der Waals surface area contributed by atoms with E-state index in [4.69, 9.17) is 10.5 Å². The molecule has 7 nitrogen and oxygen atoms in total. The number of benzene rings is 1. The van der Waals surface area contributed by atoms with E-state index in [1.807, 2.05) is 30.3 Å². The molecule has 2 rings (SSSR count). The van der Waals surface area contributed by atoms with Gasteiger partial charge in [0.1, 0.15) is 12.4 Å². The first-order chi connectivity index (χ1) is 10.6. The van der Waals surface area contributed by atoms with E-state index in [1.165, 1.54) is 6.07 Å². The van der Waals surface area contributed by atoms with Crippen molar-refractivity contribution in [2.45, 2.75) is 6.61 Å². The second kappa shape index (κ2) is 7.07. The first-order valence-electron chi connectivity index (χ1n) is 6.48. The van der Waals surface area contributed by atoms with Gasteiger partial charge in [-0.05, 0) is 5.56 Å². The Kier molecular flexibility index (Phi) is 4.92. The molecule has 1 aromatic heterocycles. The van der Waals surface area contributed by atoms with Crippen molar-refractivity contribution >= 4 is 11.8 Å². The van der Waals surface area contributed by atoms with E-state index < -0.39 is 11.8 Å². The zero-order valence-corrected chi connectivity index (χ0v) is 11.7. The summed E-state index contributed by atoms with van der Waals surface area (Å²) in [5, 5.41) is 11.8. The molecular weight excluding hydrogens is 286 g/mol. The molecule has 1 heterocycles. The van der Waals surface area contributed by atoms with Gasteiger partial charge in [-0.1, -0.05) is 30.3 Å². The largest absolute Gasteiger partial charge is 0.506 e. The number of rotatable bonds is 6. The molecule has 0 saturated heterocycles. The van der Waals surface area contributed by atoms with Crippen LogP contribution in [0.3, 0.4) is 0 Å². The normalized spacial score (nSPS) is 10.0. The maximum Gasteiger partial charge on any atom is 0.274 e. The fourth-order valence-electron chi connectivity index (χ4n) is 1.70. The van der Waals surface area contributed by atoms with E-state index in [-0.39, 0.29) is 30.3 Å². The number of primary amides is 1. The predicted octanol–water partition coefficient (Wildman–Crippen LogP) is 0.581. The van der Waals surface area contributed by atoms with E-state index >= 15 is 0 Å². The summed E-state index contributed by atoms with van der Waals surface area (Å²) in [5.74, 6) is -1.29. The van der Waals surface area contributed by atoms with Crippen LogP contribution in [0.1, 0.15) is 16.1 Å². The number of nitrogens with zero attached hydrogens (tertiary/aromatic N) is 1. The van der Waals surface area contributed by atoms with Gasteiger partial charge in [0.05, 0.1) is 12.7 Å². The van der Waals surface area contributed by atoms with Gasteiger partial charge in [0.2, 0.25) is 5.91 Å². The minimum absolute atomic E-state index is 0.0324. The van der Waals surface area contributed by atoms with E-state index in [2.05, 4.69) is 10.3 Å². The molecule has 0 bridgehead atoms. The van der Waals surface area contributed by atoms with E-state index in [0.29, 0.717) is 0 Å². The third kappa shape index (κ3) is 4.20. The lowest BCUT2D eigenvalue weighted by Crippen LogP contribution is -2.33. The first kappa shape index (κ1) is 15.3. The Balaban J connectivity index is 2.13. The summed E-state index contributed by atoms with van der Waals surface area (Å²) >= 11 is 0. The molecular formula is C15H15N3O4. The Bertz CT molecular complexity index is 674. The maximum atomic E-state index is 11.9. The highest BCUT2D eigenvalue weighted by Crippen LogP contribution is 2.22. The van der Waals surface area contributed by atoms with Gasteiger partial charge < -0.3 is 20.9 Å². The number of ether oxygens (including phenoxy) is 1. The van der Waals surface area contributed by atoms with Crippen molar-refractivity contribution in [2.24, 2.45) is 5.73 Å². The summed E-state index contributed by atoms with van der Waals surface area (Å²) in [6, 6.07) is 10.6. The SMILES string of the molecule is NC(=O)CNC(=O)c1ncc(O)cc1OCc1ccccc1. The van der Waals surface area contributed by atoms with E-state index in [1.54, 1.807) is 0 Å². The molecule has 0 aliphatic heterocycles. The Morgan fingerprint density at radius 3 is 2.68 bits per heavy atom. The Morgan fingerprint density at radius 1 is 1.27 bits per heavy atom. The summed E-state index contributed by atoms with van der Waals surface area (Å²) in [4.78, 5) is 26.5. The number of hydrogen-bond donors (Lipinski definition) is 3. The highest BCUT2D eigenvalue weighted by Gasteiger charge is 2.16. The summed E-state index contributed by atoms with van der Waals surface area (Å²) in [6.45, 7) is -0.0956. The number of pyridine rings is 1. The van der Waals surface area contributed by atoms with Crippen LogP contribution in [0.5, 0.6) is 11.5 Å². The number of nitrogens with two attached hydrogens (primary N) is 1. The van der Waals surface area contributed by atoms with Gasteiger partial charge in [0.25, 0.3) is 5.91 Å². The zero-order chi connectivity index (χ0) is 15.9. The summed E-state index contributed by atoms with van der Waals surface area (Å²) in [5.41, 5.74) is 5.84. The molecule has 0 unspecified atom stereocenters. The molecule has 0 aliphatic rings. The van der Waals surface area contributed by atoms with Crippen LogP contribution in [0, 0.1) is 0 Å². The standard InChI is InChI=1S/C15H15N3O4/c16-13(20)8-18-15(21)14-12(6-11(19)7-17-14)22-9-10-4-2-1-3-5-10/h1-7,19H,8-9H2,(H2,16,20)(H,18,21). The second-order valence-electron chi connectivity index (χ2n) is 4.46. The predicted molar refractivity (Wildman–Crippen MR) is 78.2 cm³/mol. The first-order valence-corrected chi connectivity index (χ1v) is 6.48. The lowest BCUT2D eigenvalue weighted by Gasteiger charge is -2.11. The summed E-state index contributed by atoms with van der Waals surface area (Å²) in [7, 11) is 0. The molecule has 2 aromatic rings. The minimum atomic E-state index is -0.668. The van der Waals surface area contributed by atoms with Gasteiger partial charge in [-0.3, -0.25) is 9.59 Å². The number of aromatic hydroxyl groups is 1. The van der Waals surface area contributed by atoms with Crippen LogP contribution in [0.4, 0.5) is 0 Å². The van der Waals surface area contributed by atoms with Gasteiger partial charge >= 0.3 is 0 Å². The Morgan fingerprint density at radius 2 is 2.00 bits per heavy atom. The zero-order valence-electron chi connectivity index (χ0n) is 11.7. The van der Waals surface area contributed by atoms with Crippen molar-refractivity contribution in [3.8, 4) is 11.5 Å². The van der Waals surface area contributed by atoms with Crippen molar-refractivity contribution in [1.82, 2.24) is 10.3 Å². The molecule has 0 atom stereocenters. The number of carbonyl (C=O) groups excluding carboxylic acids is 2. The Labute approximate surface area is 126 Å². The quantitative estimate of drug-likeness (QED) is 0.722. The molecule has 4 N–H and O–H groups in total. The number of carbonyl (C=O) groups is 2. The maximum absolute atomic E-state index is 11.9. The van der Waals surface area contributed by atoms with Crippen molar-refractivity contribution in [2.75, 3.05) is 6.54 Å². The van der Waals surface area contributed by atoms with Gasteiger partial charge in [0, 0.05) is 6.07 Å². The summed E-state index contributed by atoms with van der Waals surface area (Å²) < 4.78 is 5.53. The second-order valence-corrected chi connectivity index (χ2v) is 4.46. The molecule has 0 saturated carbocycles. The molecule has 22 heavy (non-hydrogen) atoms. The van der Waals surface area contributed by atoms with Gasteiger partial charge in [-0.2, -0.15) is 0 Å². The van der Waals surface area contributed by atoms with Crippen molar-refractivity contribution in [1.29, 1.82) is 0 Å². The highest BCUT2D eigenvalue weighted by molar-refractivity contribution is 5.97. The number of amides is 2. The molecule has 7 heteroatoms. The van der Waals surface area contributed by atoms with Crippen LogP contribution in [0.2, 0.25) is 0 Å². The molecule has 0 spiro atoms. The molecule has 2 amide bonds. The number of nitrogens with one attached hydrogen (secondary N) is 1. The van der Waals surface area contributed by atoms with E-state index in [9.17, 15) is 14.7 Å². The van der Waals surface area contributed by atoms with Crippen LogP contribution in [-0.2, 0) is 11.4 Å². The summed E-state index contributed by atoms with van der Waals surface area (Å²) in [6.07, 6.45) is 1.12. The van der Waals surface area contributed by atoms with Gasteiger partial charge in [-0.25, -0.2) is 4.98 Å². The minimum Gasteiger partial charge on any atom is -0.506 e. The monoisotopic (exact) mass is 301 g/mol. The third-order valence-corrected chi connectivity index (χ3v) is 2.71. The lowest BCUT2D eigenvalue weighted by atomic mass is 10.2. The molecule has 0 radical (unpaired) electrons. The Hall–Kier alpha value is -3.09. The number of aromatic nitrogens is 1. The topological polar surface area (TPSA) is 115 Å². The number of hydrogen-bond acceptors (Lipinski definition) is 5.